The Morgan fingerprint density at radius 2 is 2.15 bits per heavy atom. The lowest BCUT2D eigenvalue weighted by Gasteiger charge is -2.03. The Balaban J connectivity index is 1.90. The Kier molecular flexibility index (Phi) is 2.78. The first-order valence-corrected chi connectivity index (χ1v) is 6.21. The van der Waals surface area contributed by atoms with Crippen molar-refractivity contribution in [3.8, 4) is 0 Å². The van der Waals surface area contributed by atoms with Crippen molar-refractivity contribution in [2.45, 2.75) is 13.8 Å². The highest BCUT2D eigenvalue weighted by Gasteiger charge is 2.14. The predicted molar refractivity (Wildman–Crippen MR) is 74.6 cm³/mol. The Morgan fingerprint density at radius 1 is 1.35 bits per heavy atom. The molecule has 1 amide bonds. The molecule has 2 heterocycles. The van der Waals surface area contributed by atoms with Crippen LogP contribution in [0, 0.1) is 13.8 Å². The molecule has 3 rings (SSSR count). The van der Waals surface area contributed by atoms with Gasteiger partial charge in [0, 0.05) is 18.2 Å². The van der Waals surface area contributed by atoms with Crippen molar-refractivity contribution < 1.29 is 9.32 Å². The van der Waals surface area contributed by atoms with Crippen LogP contribution in [0.15, 0.2) is 29.0 Å². The van der Waals surface area contributed by atoms with E-state index in [0.717, 1.165) is 22.3 Å². The highest BCUT2D eigenvalue weighted by atomic mass is 16.5. The average molecular weight is 270 g/mol. The van der Waals surface area contributed by atoms with Gasteiger partial charge in [0.05, 0.1) is 23.1 Å². The number of carbonyl (C=O) groups is 1. The van der Waals surface area contributed by atoms with Gasteiger partial charge in [0.1, 0.15) is 0 Å². The average Bonchev–Trinajstić information content (AvgIpc) is 2.96. The van der Waals surface area contributed by atoms with Crippen LogP contribution in [0.25, 0.3) is 11.0 Å². The van der Waals surface area contributed by atoms with E-state index in [1.165, 1.54) is 0 Å². The summed E-state index contributed by atoms with van der Waals surface area (Å²) in [6, 6.07) is 5.39. The minimum absolute atomic E-state index is 0.239. The van der Waals surface area contributed by atoms with Gasteiger partial charge < -0.3 is 9.09 Å². The van der Waals surface area contributed by atoms with Crippen molar-refractivity contribution >= 4 is 22.8 Å². The van der Waals surface area contributed by atoms with E-state index in [2.05, 4.69) is 15.5 Å². The molecule has 0 aliphatic heterocycles. The fourth-order valence-corrected chi connectivity index (χ4v) is 1.98. The first kappa shape index (κ1) is 12.4. The molecule has 0 saturated carbocycles. The molecule has 0 unspecified atom stereocenters. The number of aryl methyl sites for hydroxylation is 2. The fourth-order valence-electron chi connectivity index (χ4n) is 1.98. The van der Waals surface area contributed by atoms with Crippen LogP contribution in [-0.4, -0.2) is 20.6 Å². The molecule has 0 spiro atoms. The fraction of sp³-hybridized carbons (Fsp3) is 0.214. The molecule has 20 heavy (non-hydrogen) atoms. The number of nitrogens with zero attached hydrogens (tertiary/aromatic N) is 3. The molecule has 2 aromatic heterocycles. The zero-order chi connectivity index (χ0) is 14.3. The van der Waals surface area contributed by atoms with Gasteiger partial charge >= 0.3 is 0 Å². The van der Waals surface area contributed by atoms with Crippen molar-refractivity contribution in [1.82, 2.24) is 14.7 Å². The molecule has 0 bridgehead atoms. The highest BCUT2D eigenvalue weighted by Crippen LogP contribution is 2.19. The lowest BCUT2D eigenvalue weighted by Crippen LogP contribution is -2.12. The molecular formula is C14H14N4O2. The van der Waals surface area contributed by atoms with Gasteiger partial charge in [0.2, 0.25) is 5.88 Å². The second kappa shape index (κ2) is 4.48. The summed E-state index contributed by atoms with van der Waals surface area (Å²) < 4.78 is 6.98. The van der Waals surface area contributed by atoms with Gasteiger partial charge in [-0.2, -0.15) is 0 Å². The number of hydrogen-bond donors (Lipinski definition) is 1. The third kappa shape index (κ3) is 1.95. The maximum Gasteiger partial charge on any atom is 0.258 e. The van der Waals surface area contributed by atoms with Crippen molar-refractivity contribution in [2.24, 2.45) is 7.05 Å². The second-order valence-electron chi connectivity index (χ2n) is 4.74. The van der Waals surface area contributed by atoms with Crippen molar-refractivity contribution in [2.75, 3.05) is 5.32 Å². The van der Waals surface area contributed by atoms with Crippen molar-refractivity contribution in [1.29, 1.82) is 0 Å². The van der Waals surface area contributed by atoms with E-state index in [-0.39, 0.29) is 5.91 Å². The standard InChI is InChI=1S/C14H14N4O2/c1-8-9(2)17-20-14(8)16-13(19)10-4-5-12-11(6-10)15-7-18(12)3/h4-7H,1-3H3,(H,16,19). The number of amides is 1. The Hall–Kier alpha value is -2.63. The lowest BCUT2D eigenvalue weighted by atomic mass is 10.2. The van der Waals surface area contributed by atoms with Gasteiger partial charge in [-0.05, 0) is 32.0 Å². The minimum atomic E-state index is -0.239. The zero-order valence-corrected chi connectivity index (χ0v) is 11.5. The van der Waals surface area contributed by atoms with Crippen LogP contribution in [0.5, 0.6) is 0 Å². The van der Waals surface area contributed by atoms with E-state index in [1.54, 1.807) is 18.5 Å². The van der Waals surface area contributed by atoms with Gasteiger partial charge in [0.15, 0.2) is 0 Å². The van der Waals surface area contributed by atoms with E-state index in [9.17, 15) is 4.79 Å². The molecule has 6 nitrogen and oxygen atoms in total. The van der Waals surface area contributed by atoms with E-state index in [4.69, 9.17) is 4.52 Å². The number of imidazole rings is 1. The van der Waals surface area contributed by atoms with Crippen LogP contribution >= 0.6 is 0 Å². The number of fused-ring (bicyclic) bond motifs is 1. The number of hydrogen-bond acceptors (Lipinski definition) is 4. The van der Waals surface area contributed by atoms with Gasteiger partial charge in [-0.15, -0.1) is 0 Å². The topological polar surface area (TPSA) is 73.0 Å². The first-order chi connectivity index (χ1) is 9.56. The summed E-state index contributed by atoms with van der Waals surface area (Å²) >= 11 is 0. The van der Waals surface area contributed by atoms with Crippen LogP contribution in [-0.2, 0) is 7.05 Å². The normalized spacial score (nSPS) is 10.9. The molecule has 0 saturated heterocycles. The summed E-state index contributed by atoms with van der Waals surface area (Å²) in [7, 11) is 1.91. The maximum absolute atomic E-state index is 12.2. The Labute approximate surface area is 115 Å². The summed E-state index contributed by atoms with van der Waals surface area (Å²) in [4.78, 5) is 16.4. The van der Waals surface area contributed by atoms with E-state index in [0.29, 0.717) is 11.4 Å². The van der Waals surface area contributed by atoms with Gasteiger partial charge in [-0.3, -0.25) is 10.1 Å². The summed E-state index contributed by atoms with van der Waals surface area (Å²) in [5.74, 6) is 0.144. The lowest BCUT2D eigenvalue weighted by molar-refractivity contribution is 0.102. The summed E-state index contributed by atoms with van der Waals surface area (Å²) in [5, 5.41) is 6.53. The number of nitrogens with one attached hydrogen (secondary N) is 1. The monoisotopic (exact) mass is 270 g/mol. The molecule has 1 aromatic carbocycles. The molecule has 1 N–H and O–H groups in total. The van der Waals surface area contributed by atoms with E-state index in [1.807, 2.05) is 31.5 Å². The quantitative estimate of drug-likeness (QED) is 0.776. The zero-order valence-electron chi connectivity index (χ0n) is 11.5. The van der Waals surface area contributed by atoms with Crippen LogP contribution in [0.3, 0.4) is 0 Å². The summed E-state index contributed by atoms with van der Waals surface area (Å²) in [6.45, 7) is 3.68. The summed E-state index contributed by atoms with van der Waals surface area (Å²) in [5.41, 5.74) is 3.89. The number of carbonyl (C=O) groups excluding carboxylic acids is 1. The van der Waals surface area contributed by atoms with E-state index >= 15 is 0 Å². The smallest absolute Gasteiger partial charge is 0.258 e. The number of rotatable bonds is 2. The molecule has 0 fully saturated rings. The number of anilines is 1. The van der Waals surface area contributed by atoms with Crippen LogP contribution in [0.2, 0.25) is 0 Å². The third-order valence-corrected chi connectivity index (χ3v) is 3.37. The third-order valence-electron chi connectivity index (χ3n) is 3.37. The molecule has 6 heteroatoms. The Bertz CT molecular complexity index is 801. The maximum atomic E-state index is 12.2. The van der Waals surface area contributed by atoms with Gasteiger partial charge in [0.25, 0.3) is 5.91 Å². The molecule has 0 radical (unpaired) electrons. The van der Waals surface area contributed by atoms with Crippen molar-refractivity contribution in [3.63, 3.8) is 0 Å². The molecule has 0 atom stereocenters. The second-order valence-corrected chi connectivity index (χ2v) is 4.74. The molecule has 0 aliphatic rings. The highest BCUT2D eigenvalue weighted by molar-refractivity contribution is 6.05. The Morgan fingerprint density at radius 3 is 2.85 bits per heavy atom. The predicted octanol–water partition coefficient (Wildman–Crippen LogP) is 2.43. The molecular weight excluding hydrogens is 256 g/mol. The van der Waals surface area contributed by atoms with Gasteiger partial charge in [-0.25, -0.2) is 4.98 Å². The first-order valence-electron chi connectivity index (χ1n) is 6.21. The van der Waals surface area contributed by atoms with Gasteiger partial charge in [-0.1, -0.05) is 5.16 Å². The minimum Gasteiger partial charge on any atom is -0.338 e. The van der Waals surface area contributed by atoms with E-state index < -0.39 is 0 Å². The van der Waals surface area contributed by atoms with Crippen LogP contribution in [0.4, 0.5) is 5.88 Å². The molecule has 3 aromatic rings. The van der Waals surface area contributed by atoms with Crippen LogP contribution < -0.4 is 5.32 Å². The number of benzene rings is 1. The largest absolute Gasteiger partial charge is 0.338 e. The SMILES string of the molecule is Cc1noc(NC(=O)c2ccc3c(c2)ncn3C)c1C. The number of aromatic nitrogens is 3. The van der Waals surface area contributed by atoms with Crippen LogP contribution in [0.1, 0.15) is 21.6 Å². The molecule has 102 valence electrons. The summed E-state index contributed by atoms with van der Waals surface area (Å²) in [6.07, 6.45) is 1.72. The molecule has 0 aliphatic carbocycles. The van der Waals surface area contributed by atoms with Crippen molar-refractivity contribution in [3.05, 3.63) is 41.3 Å².